The molecule has 1 aromatic carbocycles. The molecule has 1 aliphatic heterocycles. The van der Waals surface area contributed by atoms with E-state index in [1.165, 1.54) is 5.56 Å². The highest BCUT2D eigenvalue weighted by atomic mass is 35.5. The van der Waals surface area contributed by atoms with Crippen LogP contribution in [0, 0.1) is 6.92 Å². The smallest absolute Gasteiger partial charge is 0.248 e. The Morgan fingerprint density at radius 2 is 2.33 bits per heavy atom. The molecule has 1 unspecified atom stereocenters. The molecular weight excluding hydrogens is 250 g/mol. The Morgan fingerprint density at radius 3 is 3.11 bits per heavy atom. The van der Waals surface area contributed by atoms with E-state index in [-0.39, 0.29) is 11.7 Å². The van der Waals surface area contributed by atoms with Gasteiger partial charge in [0, 0.05) is 23.8 Å². The Balaban J connectivity index is 2.17. The summed E-state index contributed by atoms with van der Waals surface area (Å²) in [5, 5.41) is 0.988. The van der Waals surface area contributed by atoms with Gasteiger partial charge in [0.1, 0.15) is 11.9 Å². The Hall–Kier alpha value is -1.48. The van der Waals surface area contributed by atoms with Crippen LogP contribution in [-0.2, 0) is 6.42 Å². The fourth-order valence-electron chi connectivity index (χ4n) is 2.57. The molecule has 1 N–H and O–H groups in total. The first-order chi connectivity index (χ1) is 8.69. The number of aromatic amines is 1. The molecule has 4 heteroatoms. The van der Waals surface area contributed by atoms with Gasteiger partial charge in [-0.25, -0.2) is 0 Å². The van der Waals surface area contributed by atoms with Gasteiger partial charge in [-0.15, -0.1) is 11.6 Å². The number of hydrogen-bond acceptors (Lipinski definition) is 2. The van der Waals surface area contributed by atoms with E-state index in [0.717, 1.165) is 35.1 Å². The predicted octanol–water partition coefficient (Wildman–Crippen LogP) is 2.77. The summed E-state index contributed by atoms with van der Waals surface area (Å²) in [6, 6.07) is 5.48. The topological polar surface area (TPSA) is 42.1 Å². The molecule has 0 aliphatic carbocycles. The van der Waals surface area contributed by atoms with Crippen molar-refractivity contribution in [1.82, 2.24) is 4.98 Å². The highest BCUT2D eigenvalue weighted by Gasteiger charge is 2.25. The lowest BCUT2D eigenvalue weighted by Crippen LogP contribution is -2.13. The fraction of sp³-hybridized carbons (Fsp3) is 0.357. The number of halogens is 1. The molecule has 18 heavy (non-hydrogen) atoms. The molecule has 3 rings (SSSR count). The predicted molar refractivity (Wildman–Crippen MR) is 72.8 cm³/mol. The lowest BCUT2D eigenvalue weighted by Gasteiger charge is -2.10. The Morgan fingerprint density at radius 1 is 1.50 bits per heavy atom. The van der Waals surface area contributed by atoms with Crippen LogP contribution in [0.1, 0.15) is 17.5 Å². The number of nitrogens with one attached hydrogen (secondary N) is 1. The standard InChI is InChI=1S/C14H14ClNO2/c1-8-6-9-7-10(4-5-15)18-14(9)11-2-3-12(17)16-13(8)11/h2-3,6,10H,4-5,7H2,1H3,(H,16,17). The molecule has 0 radical (unpaired) electrons. The van der Waals surface area contributed by atoms with E-state index in [1.807, 2.05) is 13.0 Å². The summed E-state index contributed by atoms with van der Waals surface area (Å²) < 4.78 is 5.95. The lowest BCUT2D eigenvalue weighted by molar-refractivity contribution is 0.231. The number of rotatable bonds is 2. The number of fused-ring (bicyclic) bond motifs is 3. The first kappa shape index (κ1) is 11.6. The van der Waals surface area contributed by atoms with Crippen molar-refractivity contribution in [3.63, 3.8) is 0 Å². The van der Waals surface area contributed by atoms with Crippen LogP contribution in [0.2, 0.25) is 0 Å². The summed E-state index contributed by atoms with van der Waals surface area (Å²) in [7, 11) is 0. The summed E-state index contributed by atoms with van der Waals surface area (Å²) in [5.41, 5.74) is 3.08. The molecule has 2 heterocycles. The van der Waals surface area contributed by atoms with Crippen LogP contribution in [0.25, 0.3) is 10.9 Å². The van der Waals surface area contributed by atoms with Crippen molar-refractivity contribution in [2.24, 2.45) is 0 Å². The quantitative estimate of drug-likeness (QED) is 0.847. The summed E-state index contributed by atoms with van der Waals surface area (Å²) in [6.45, 7) is 2.01. The van der Waals surface area contributed by atoms with Gasteiger partial charge in [0.25, 0.3) is 0 Å². The van der Waals surface area contributed by atoms with Gasteiger partial charge < -0.3 is 9.72 Å². The molecule has 0 spiro atoms. The zero-order valence-corrected chi connectivity index (χ0v) is 10.9. The van der Waals surface area contributed by atoms with E-state index >= 15 is 0 Å². The average Bonchev–Trinajstić information content (AvgIpc) is 2.72. The van der Waals surface area contributed by atoms with Gasteiger partial charge in [-0.3, -0.25) is 4.79 Å². The zero-order valence-electron chi connectivity index (χ0n) is 10.1. The molecule has 0 saturated heterocycles. The Labute approximate surface area is 110 Å². The maximum absolute atomic E-state index is 11.4. The summed E-state index contributed by atoms with van der Waals surface area (Å²) in [5.74, 6) is 1.51. The zero-order chi connectivity index (χ0) is 12.7. The summed E-state index contributed by atoms with van der Waals surface area (Å²) >= 11 is 5.77. The maximum Gasteiger partial charge on any atom is 0.248 e. The summed E-state index contributed by atoms with van der Waals surface area (Å²) in [6.07, 6.45) is 1.91. The number of hydrogen-bond donors (Lipinski definition) is 1. The molecule has 0 amide bonds. The third-order valence-corrected chi connectivity index (χ3v) is 3.62. The number of pyridine rings is 1. The molecule has 3 nitrogen and oxygen atoms in total. The van der Waals surface area contributed by atoms with Crippen molar-refractivity contribution >= 4 is 22.5 Å². The molecule has 1 atom stereocenters. The minimum Gasteiger partial charge on any atom is -0.489 e. The second kappa shape index (κ2) is 4.32. The maximum atomic E-state index is 11.4. The number of benzene rings is 1. The molecule has 1 aromatic heterocycles. The van der Waals surface area contributed by atoms with Crippen molar-refractivity contribution in [2.75, 3.05) is 5.88 Å². The highest BCUT2D eigenvalue weighted by Crippen LogP contribution is 2.37. The van der Waals surface area contributed by atoms with Gasteiger partial charge in [-0.1, -0.05) is 6.07 Å². The number of ether oxygens (including phenoxy) is 1. The first-order valence-electron chi connectivity index (χ1n) is 6.07. The fourth-order valence-corrected chi connectivity index (χ4v) is 2.82. The molecular formula is C14H14ClNO2. The SMILES string of the molecule is Cc1cc2c(c3ccc(=O)[nH]c13)OC(CCCl)C2. The summed E-state index contributed by atoms with van der Waals surface area (Å²) in [4.78, 5) is 14.3. The Kier molecular flexibility index (Phi) is 2.78. The number of aromatic nitrogens is 1. The van der Waals surface area contributed by atoms with Crippen LogP contribution < -0.4 is 10.3 Å². The lowest BCUT2D eigenvalue weighted by atomic mass is 10.0. The van der Waals surface area contributed by atoms with Gasteiger partial charge >= 0.3 is 0 Å². The molecule has 94 valence electrons. The molecule has 0 saturated carbocycles. The van der Waals surface area contributed by atoms with E-state index < -0.39 is 0 Å². The Bertz CT molecular complexity index is 663. The van der Waals surface area contributed by atoms with Crippen LogP contribution in [-0.4, -0.2) is 17.0 Å². The van der Waals surface area contributed by atoms with E-state index in [9.17, 15) is 4.79 Å². The van der Waals surface area contributed by atoms with Gasteiger partial charge in [0.05, 0.1) is 5.52 Å². The van der Waals surface area contributed by atoms with Crippen LogP contribution in [0.3, 0.4) is 0 Å². The molecule has 0 fully saturated rings. The van der Waals surface area contributed by atoms with Crippen molar-refractivity contribution in [3.8, 4) is 5.75 Å². The van der Waals surface area contributed by atoms with E-state index in [4.69, 9.17) is 16.3 Å². The third-order valence-electron chi connectivity index (χ3n) is 3.40. The molecule has 1 aliphatic rings. The average molecular weight is 264 g/mol. The van der Waals surface area contributed by atoms with Crippen molar-refractivity contribution in [2.45, 2.75) is 25.9 Å². The van der Waals surface area contributed by atoms with Gasteiger partial charge in [0.2, 0.25) is 5.56 Å². The van der Waals surface area contributed by atoms with Crippen LogP contribution in [0.4, 0.5) is 0 Å². The number of alkyl halides is 1. The van der Waals surface area contributed by atoms with E-state index in [2.05, 4.69) is 11.1 Å². The van der Waals surface area contributed by atoms with Crippen LogP contribution in [0.5, 0.6) is 5.75 Å². The third kappa shape index (κ3) is 1.79. The minimum atomic E-state index is -0.0825. The van der Waals surface area contributed by atoms with E-state index in [0.29, 0.717) is 5.88 Å². The number of aryl methyl sites for hydroxylation is 1. The van der Waals surface area contributed by atoms with Gasteiger partial charge in [0.15, 0.2) is 0 Å². The van der Waals surface area contributed by atoms with Crippen molar-refractivity contribution in [3.05, 3.63) is 39.7 Å². The molecule has 2 aromatic rings. The van der Waals surface area contributed by atoms with Crippen molar-refractivity contribution in [1.29, 1.82) is 0 Å². The largest absolute Gasteiger partial charge is 0.489 e. The van der Waals surface area contributed by atoms with Crippen LogP contribution in [0.15, 0.2) is 23.0 Å². The second-order valence-electron chi connectivity index (χ2n) is 4.71. The molecule has 0 bridgehead atoms. The highest BCUT2D eigenvalue weighted by molar-refractivity contribution is 6.17. The van der Waals surface area contributed by atoms with Gasteiger partial charge in [-0.05, 0) is 30.5 Å². The second-order valence-corrected chi connectivity index (χ2v) is 5.09. The first-order valence-corrected chi connectivity index (χ1v) is 6.60. The van der Waals surface area contributed by atoms with E-state index in [1.54, 1.807) is 6.07 Å². The monoisotopic (exact) mass is 263 g/mol. The van der Waals surface area contributed by atoms with Crippen LogP contribution >= 0.6 is 11.6 Å². The van der Waals surface area contributed by atoms with Gasteiger partial charge in [-0.2, -0.15) is 0 Å². The number of H-pyrrole nitrogens is 1. The normalized spacial score (nSPS) is 17.8. The van der Waals surface area contributed by atoms with Crippen molar-refractivity contribution < 1.29 is 4.74 Å². The minimum absolute atomic E-state index is 0.0825.